The topological polar surface area (TPSA) is 44.4 Å². The van der Waals surface area contributed by atoms with E-state index in [4.69, 9.17) is 0 Å². The van der Waals surface area contributed by atoms with Crippen molar-refractivity contribution in [3.05, 3.63) is 30.3 Å². The van der Waals surface area contributed by atoms with Crippen LogP contribution in [0.1, 0.15) is 6.92 Å². The van der Waals surface area contributed by atoms with Gasteiger partial charge in [-0.25, -0.2) is 4.79 Å². The number of para-hydroxylation sites is 1. The standard InChI is InChI=1S/C12H17N3O/c1-2-15(11-8-13-9-11)12(16)14-10-6-4-3-5-7-10/h3-7,11,13H,2,8-9H2,1H3,(H,14,16). The maximum atomic E-state index is 12.0. The van der Waals surface area contributed by atoms with Crippen LogP contribution < -0.4 is 10.6 Å². The average molecular weight is 219 g/mol. The SMILES string of the molecule is CCN(C(=O)Nc1ccccc1)C1CNC1. The number of benzene rings is 1. The first-order chi connectivity index (χ1) is 7.81. The molecule has 0 aliphatic carbocycles. The van der Waals surface area contributed by atoms with E-state index in [0.29, 0.717) is 6.04 Å². The second-order valence-electron chi connectivity index (χ2n) is 3.89. The second-order valence-corrected chi connectivity index (χ2v) is 3.89. The highest BCUT2D eigenvalue weighted by Crippen LogP contribution is 2.10. The third-order valence-corrected chi connectivity index (χ3v) is 2.83. The van der Waals surface area contributed by atoms with Gasteiger partial charge in [0.05, 0.1) is 6.04 Å². The maximum Gasteiger partial charge on any atom is 0.322 e. The van der Waals surface area contributed by atoms with Crippen molar-refractivity contribution >= 4 is 11.7 Å². The fourth-order valence-corrected chi connectivity index (χ4v) is 1.78. The van der Waals surface area contributed by atoms with Crippen molar-refractivity contribution in [1.29, 1.82) is 0 Å². The van der Waals surface area contributed by atoms with Crippen molar-refractivity contribution in [3.8, 4) is 0 Å². The summed E-state index contributed by atoms with van der Waals surface area (Å²) in [5, 5.41) is 6.07. The van der Waals surface area contributed by atoms with Gasteiger partial charge in [-0.1, -0.05) is 18.2 Å². The summed E-state index contributed by atoms with van der Waals surface area (Å²) in [6.07, 6.45) is 0. The van der Waals surface area contributed by atoms with Gasteiger partial charge in [0.25, 0.3) is 0 Å². The van der Waals surface area contributed by atoms with Crippen molar-refractivity contribution < 1.29 is 4.79 Å². The number of likely N-dealkylation sites (N-methyl/N-ethyl adjacent to an activating group) is 1. The van der Waals surface area contributed by atoms with Gasteiger partial charge in [-0.3, -0.25) is 0 Å². The van der Waals surface area contributed by atoms with Gasteiger partial charge in [0.15, 0.2) is 0 Å². The molecule has 1 aromatic carbocycles. The smallest absolute Gasteiger partial charge is 0.319 e. The number of rotatable bonds is 3. The van der Waals surface area contributed by atoms with Crippen LogP contribution in [0.4, 0.5) is 10.5 Å². The Hall–Kier alpha value is -1.55. The Kier molecular flexibility index (Phi) is 3.41. The molecule has 4 nitrogen and oxygen atoms in total. The van der Waals surface area contributed by atoms with Gasteiger partial charge in [0.1, 0.15) is 0 Å². The van der Waals surface area contributed by atoms with E-state index < -0.39 is 0 Å². The van der Waals surface area contributed by atoms with Crippen LogP contribution in [0, 0.1) is 0 Å². The molecule has 4 heteroatoms. The first-order valence-corrected chi connectivity index (χ1v) is 5.64. The lowest BCUT2D eigenvalue weighted by Crippen LogP contribution is -2.59. The Morgan fingerprint density at radius 1 is 1.44 bits per heavy atom. The lowest BCUT2D eigenvalue weighted by molar-refractivity contribution is 0.165. The van der Waals surface area contributed by atoms with Crippen molar-refractivity contribution in [3.63, 3.8) is 0 Å². The number of anilines is 1. The molecule has 0 atom stereocenters. The van der Waals surface area contributed by atoms with Gasteiger partial charge in [-0.2, -0.15) is 0 Å². The molecule has 2 rings (SSSR count). The normalized spacial score (nSPS) is 15.3. The molecule has 0 radical (unpaired) electrons. The van der Waals surface area contributed by atoms with Gasteiger partial charge in [-0.15, -0.1) is 0 Å². The zero-order chi connectivity index (χ0) is 11.4. The van der Waals surface area contributed by atoms with Crippen LogP contribution in [0.2, 0.25) is 0 Å². The molecular weight excluding hydrogens is 202 g/mol. The highest BCUT2D eigenvalue weighted by atomic mass is 16.2. The van der Waals surface area contributed by atoms with Crippen LogP contribution >= 0.6 is 0 Å². The van der Waals surface area contributed by atoms with E-state index in [1.165, 1.54) is 0 Å². The van der Waals surface area contributed by atoms with Gasteiger partial charge < -0.3 is 15.5 Å². The maximum absolute atomic E-state index is 12.0. The largest absolute Gasteiger partial charge is 0.322 e. The lowest BCUT2D eigenvalue weighted by Gasteiger charge is -2.37. The molecule has 0 spiro atoms. The number of carbonyl (C=O) groups is 1. The van der Waals surface area contributed by atoms with Crippen molar-refractivity contribution in [2.75, 3.05) is 25.0 Å². The Morgan fingerprint density at radius 2 is 2.12 bits per heavy atom. The van der Waals surface area contributed by atoms with Crippen molar-refractivity contribution in [2.24, 2.45) is 0 Å². The second kappa shape index (κ2) is 4.99. The highest BCUT2D eigenvalue weighted by Gasteiger charge is 2.27. The predicted molar refractivity (Wildman–Crippen MR) is 64.5 cm³/mol. The summed E-state index contributed by atoms with van der Waals surface area (Å²) in [5.41, 5.74) is 0.846. The molecule has 0 unspecified atom stereocenters. The quantitative estimate of drug-likeness (QED) is 0.809. The highest BCUT2D eigenvalue weighted by molar-refractivity contribution is 5.89. The summed E-state index contributed by atoms with van der Waals surface area (Å²) in [7, 11) is 0. The monoisotopic (exact) mass is 219 g/mol. The Balaban J connectivity index is 1.95. The molecule has 1 aromatic rings. The van der Waals surface area contributed by atoms with E-state index in [-0.39, 0.29) is 6.03 Å². The molecule has 0 saturated carbocycles. The molecule has 1 fully saturated rings. The van der Waals surface area contributed by atoms with Crippen LogP contribution in [-0.2, 0) is 0 Å². The third kappa shape index (κ3) is 2.33. The minimum atomic E-state index is -0.0137. The molecule has 1 saturated heterocycles. The Morgan fingerprint density at radius 3 is 2.62 bits per heavy atom. The number of urea groups is 1. The van der Waals surface area contributed by atoms with E-state index in [1.54, 1.807) is 0 Å². The van der Waals surface area contributed by atoms with E-state index in [1.807, 2.05) is 42.2 Å². The molecular formula is C12H17N3O. The van der Waals surface area contributed by atoms with E-state index in [9.17, 15) is 4.79 Å². The van der Waals surface area contributed by atoms with Crippen LogP contribution in [0.25, 0.3) is 0 Å². The van der Waals surface area contributed by atoms with Gasteiger partial charge in [0, 0.05) is 25.3 Å². The van der Waals surface area contributed by atoms with Crippen LogP contribution in [-0.4, -0.2) is 36.6 Å². The first-order valence-electron chi connectivity index (χ1n) is 5.64. The van der Waals surface area contributed by atoms with E-state index >= 15 is 0 Å². The lowest BCUT2D eigenvalue weighted by atomic mass is 10.1. The predicted octanol–water partition coefficient (Wildman–Crippen LogP) is 1.51. The number of hydrogen-bond acceptors (Lipinski definition) is 2. The van der Waals surface area contributed by atoms with E-state index in [2.05, 4.69) is 10.6 Å². The zero-order valence-corrected chi connectivity index (χ0v) is 9.44. The molecule has 1 aliphatic heterocycles. The Labute approximate surface area is 95.6 Å². The summed E-state index contributed by atoms with van der Waals surface area (Å²) in [6.45, 7) is 4.54. The summed E-state index contributed by atoms with van der Waals surface area (Å²) in [4.78, 5) is 13.8. The van der Waals surface area contributed by atoms with Gasteiger partial charge in [-0.05, 0) is 19.1 Å². The van der Waals surface area contributed by atoms with Gasteiger partial charge in [0.2, 0.25) is 0 Å². The minimum Gasteiger partial charge on any atom is -0.319 e. The summed E-state index contributed by atoms with van der Waals surface area (Å²) >= 11 is 0. The molecule has 0 bridgehead atoms. The fraction of sp³-hybridized carbons (Fsp3) is 0.417. The third-order valence-electron chi connectivity index (χ3n) is 2.83. The summed E-state index contributed by atoms with van der Waals surface area (Å²) in [6, 6.07) is 9.88. The summed E-state index contributed by atoms with van der Waals surface area (Å²) < 4.78 is 0. The van der Waals surface area contributed by atoms with Crippen molar-refractivity contribution in [1.82, 2.24) is 10.2 Å². The first kappa shape index (κ1) is 11.0. The number of carbonyl (C=O) groups excluding carboxylic acids is 1. The van der Waals surface area contributed by atoms with Crippen molar-refractivity contribution in [2.45, 2.75) is 13.0 Å². The Bertz CT molecular complexity index is 349. The average Bonchev–Trinajstić information content (AvgIpc) is 2.24. The zero-order valence-electron chi connectivity index (χ0n) is 9.44. The molecule has 1 heterocycles. The molecule has 2 amide bonds. The number of hydrogen-bond donors (Lipinski definition) is 2. The number of amides is 2. The minimum absolute atomic E-state index is 0.0137. The number of nitrogens with zero attached hydrogens (tertiary/aromatic N) is 1. The van der Waals surface area contributed by atoms with Gasteiger partial charge >= 0.3 is 6.03 Å². The summed E-state index contributed by atoms with van der Waals surface area (Å²) in [5.74, 6) is 0. The van der Waals surface area contributed by atoms with Crippen LogP contribution in [0.5, 0.6) is 0 Å². The fourth-order valence-electron chi connectivity index (χ4n) is 1.78. The molecule has 0 aromatic heterocycles. The molecule has 86 valence electrons. The van der Waals surface area contributed by atoms with Crippen LogP contribution in [0.3, 0.4) is 0 Å². The molecule has 16 heavy (non-hydrogen) atoms. The number of nitrogens with one attached hydrogen (secondary N) is 2. The van der Waals surface area contributed by atoms with Crippen LogP contribution in [0.15, 0.2) is 30.3 Å². The van der Waals surface area contributed by atoms with E-state index in [0.717, 1.165) is 25.3 Å². The molecule has 2 N–H and O–H groups in total. The molecule has 1 aliphatic rings.